The van der Waals surface area contributed by atoms with Crippen LogP contribution in [0.3, 0.4) is 0 Å². The van der Waals surface area contributed by atoms with Crippen molar-refractivity contribution in [3.63, 3.8) is 0 Å². The summed E-state index contributed by atoms with van der Waals surface area (Å²) < 4.78 is 34.9. The lowest BCUT2D eigenvalue weighted by atomic mass is 10.1. The van der Waals surface area contributed by atoms with Crippen molar-refractivity contribution in [3.05, 3.63) is 89.8 Å². The average molecular weight is 618 g/mol. The molecule has 4 heterocycles. The Kier molecular flexibility index (Phi) is 8.46. The van der Waals surface area contributed by atoms with E-state index in [2.05, 4.69) is 30.9 Å². The van der Waals surface area contributed by atoms with Crippen LogP contribution in [0.25, 0.3) is 17.2 Å². The molecule has 0 radical (unpaired) electrons. The van der Waals surface area contributed by atoms with E-state index < -0.39 is 65.7 Å². The molecule has 2 aliphatic heterocycles. The van der Waals surface area contributed by atoms with Crippen LogP contribution < -0.4 is 16.0 Å². The molecular formula is C30H28FN7O7. The first-order chi connectivity index (χ1) is 21.8. The summed E-state index contributed by atoms with van der Waals surface area (Å²) in [7, 11) is 0. The summed E-state index contributed by atoms with van der Waals surface area (Å²) in [5.41, 5.74) is 0.522. The van der Waals surface area contributed by atoms with Crippen LogP contribution in [0.4, 0.5) is 15.0 Å². The molecule has 2 aromatic carbocycles. The SMILES string of the molecule is CCNC(=O)Nc1ncnc2c1ncn2C1OC(CNC(=O)c2c(F)cccc2C(=O)O)C2O[C@H](/C=C/c3ccccc3)OC21. The van der Waals surface area contributed by atoms with Gasteiger partial charge >= 0.3 is 12.0 Å². The molecule has 2 aromatic heterocycles. The molecule has 2 saturated heterocycles. The van der Waals surface area contributed by atoms with E-state index in [9.17, 15) is 23.9 Å². The summed E-state index contributed by atoms with van der Waals surface area (Å²) in [6, 6.07) is 12.5. The largest absolute Gasteiger partial charge is 0.478 e. The average Bonchev–Trinajstić information content (AvgIpc) is 3.74. The first kappa shape index (κ1) is 29.8. The van der Waals surface area contributed by atoms with Crippen molar-refractivity contribution in [2.45, 2.75) is 37.8 Å². The van der Waals surface area contributed by atoms with Gasteiger partial charge in [0.05, 0.1) is 17.5 Å². The van der Waals surface area contributed by atoms with E-state index in [4.69, 9.17) is 14.2 Å². The van der Waals surface area contributed by atoms with Crippen LogP contribution in [0, 0.1) is 5.82 Å². The minimum Gasteiger partial charge on any atom is -0.478 e. The van der Waals surface area contributed by atoms with Crippen molar-refractivity contribution < 1.29 is 38.1 Å². The van der Waals surface area contributed by atoms with Crippen molar-refractivity contribution in [1.29, 1.82) is 0 Å². The van der Waals surface area contributed by atoms with Crippen molar-refractivity contribution >= 4 is 41.0 Å². The Morgan fingerprint density at radius 2 is 1.80 bits per heavy atom. The number of fused-ring (bicyclic) bond motifs is 2. The van der Waals surface area contributed by atoms with Crippen molar-refractivity contribution in [2.75, 3.05) is 18.4 Å². The quantitative estimate of drug-likeness (QED) is 0.218. The van der Waals surface area contributed by atoms with Gasteiger partial charge in [-0.15, -0.1) is 0 Å². The Balaban J connectivity index is 1.27. The van der Waals surface area contributed by atoms with E-state index >= 15 is 0 Å². The molecule has 2 aliphatic rings. The maximum atomic E-state index is 14.5. The maximum absolute atomic E-state index is 14.5. The second kappa shape index (κ2) is 12.8. The molecule has 4 unspecified atom stereocenters. The molecule has 4 aromatic rings. The number of nitrogens with one attached hydrogen (secondary N) is 3. The highest BCUT2D eigenvalue weighted by molar-refractivity contribution is 6.05. The summed E-state index contributed by atoms with van der Waals surface area (Å²) in [6.45, 7) is 2.04. The maximum Gasteiger partial charge on any atom is 0.336 e. The van der Waals surface area contributed by atoms with Crippen LogP contribution in [0.1, 0.15) is 39.4 Å². The second-order valence-electron chi connectivity index (χ2n) is 10.1. The lowest BCUT2D eigenvalue weighted by Crippen LogP contribution is -2.39. The number of nitrogens with zero attached hydrogens (tertiary/aromatic N) is 4. The van der Waals surface area contributed by atoms with Gasteiger partial charge in [0.2, 0.25) is 0 Å². The molecule has 3 amide bonds. The predicted molar refractivity (Wildman–Crippen MR) is 157 cm³/mol. The molecule has 232 valence electrons. The summed E-state index contributed by atoms with van der Waals surface area (Å²) >= 11 is 0. The van der Waals surface area contributed by atoms with Crippen molar-refractivity contribution in [1.82, 2.24) is 30.2 Å². The minimum absolute atomic E-state index is 0.159. The van der Waals surface area contributed by atoms with Gasteiger partial charge < -0.3 is 30.0 Å². The fourth-order valence-electron chi connectivity index (χ4n) is 5.25. The number of hydrogen-bond acceptors (Lipinski definition) is 9. The number of hydrogen-bond donors (Lipinski definition) is 4. The molecule has 0 bridgehead atoms. The van der Waals surface area contributed by atoms with E-state index in [-0.39, 0.29) is 12.4 Å². The van der Waals surface area contributed by atoms with Gasteiger partial charge in [-0.1, -0.05) is 42.5 Å². The Morgan fingerprint density at radius 3 is 2.58 bits per heavy atom. The number of urea groups is 1. The van der Waals surface area contributed by atoms with Gasteiger partial charge in [-0.25, -0.2) is 28.9 Å². The van der Waals surface area contributed by atoms with E-state index in [1.165, 1.54) is 18.7 Å². The zero-order chi connectivity index (χ0) is 31.5. The first-order valence-electron chi connectivity index (χ1n) is 14.1. The van der Waals surface area contributed by atoms with Crippen LogP contribution in [0.2, 0.25) is 0 Å². The summed E-state index contributed by atoms with van der Waals surface area (Å²) in [5, 5.41) is 17.3. The third kappa shape index (κ3) is 6.08. The number of rotatable bonds is 9. The fourth-order valence-corrected chi connectivity index (χ4v) is 5.25. The number of amides is 3. The molecule has 2 fully saturated rings. The number of imidazole rings is 1. The van der Waals surface area contributed by atoms with Gasteiger partial charge in [0, 0.05) is 13.1 Å². The highest BCUT2D eigenvalue weighted by Crippen LogP contribution is 2.41. The van der Waals surface area contributed by atoms with Crippen LogP contribution in [-0.2, 0) is 14.2 Å². The van der Waals surface area contributed by atoms with Crippen LogP contribution in [0.5, 0.6) is 0 Å². The van der Waals surface area contributed by atoms with E-state index in [0.29, 0.717) is 17.7 Å². The highest BCUT2D eigenvalue weighted by Gasteiger charge is 2.53. The zero-order valence-corrected chi connectivity index (χ0v) is 23.8. The number of carbonyl (C=O) groups is 3. The van der Waals surface area contributed by atoms with Gasteiger partial charge in [-0.3, -0.25) is 14.7 Å². The van der Waals surface area contributed by atoms with E-state index in [1.807, 2.05) is 36.4 Å². The van der Waals surface area contributed by atoms with Crippen LogP contribution >= 0.6 is 0 Å². The molecule has 5 atom stereocenters. The summed E-state index contributed by atoms with van der Waals surface area (Å²) in [6.07, 6.45) is 2.54. The Hall–Kier alpha value is -5.25. The number of ether oxygens (including phenoxy) is 3. The standard InChI is InChI=1S/C30H28FN7O7/c1-2-32-30(42)37-25-22-26(35-14-34-25)38(15-36-22)28-24-23(44-20(45-24)12-11-16-7-4-3-5-8-16)19(43-28)13-33-27(39)21-17(29(40)41)9-6-10-18(21)31/h3-12,14-15,19-20,23-24,28H,2,13H2,1H3,(H,33,39)(H,40,41)(H2,32,34,35,37,42)/b12-11+/t19?,20-,23?,24?,28?/m0/s1. The highest BCUT2D eigenvalue weighted by atomic mass is 19.1. The van der Waals surface area contributed by atoms with Gasteiger partial charge in [0.25, 0.3) is 5.91 Å². The van der Waals surface area contributed by atoms with Gasteiger partial charge in [0.15, 0.2) is 29.5 Å². The molecule has 14 nitrogen and oxygen atoms in total. The summed E-state index contributed by atoms with van der Waals surface area (Å²) in [4.78, 5) is 49.6. The number of anilines is 1. The number of carbonyl (C=O) groups excluding carboxylic acids is 2. The number of carboxylic acid groups (broad SMARTS) is 1. The first-order valence-corrected chi connectivity index (χ1v) is 14.1. The number of halogens is 1. The molecule has 0 aliphatic carbocycles. The normalized spacial score (nSPS) is 22.4. The molecule has 15 heteroatoms. The second-order valence-corrected chi connectivity index (χ2v) is 10.1. The zero-order valence-electron chi connectivity index (χ0n) is 23.8. The monoisotopic (exact) mass is 617 g/mol. The molecule has 6 rings (SSSR count). The number of carboxylic acids is 1. The lowest BCUT2D eigenvalue weighted by Gasteiger charge is -2.21. The molecule has 45 heavy (non-hydrogen) atoms. The Morgan fingerprint density at radius 1 is 1.00 bits per heavy atom. The smallest absolute Gasteiger partial charge is 0.336 e. The lowest BCUT2D eigenvalue weighted by molar-refractivity contribution is -0.123. The third-order valence-corrected chi connectivity index (χ3v) is 7.25. The summed E-state index contributed by atoms with van der Waals surface area (Å²) in [5.74, 6) is -3.14. The molecule has 0 spiro atoms. The van der Waals surface area contributed by atoms with E-state index in [1.54, 1.807) is 17.6 Å². The molecule has 4 N–H and O–H groups in total. The topological polar surface area (TPSA) is 179 Å². The van der Waals surface area contributed by atoms with E-state index in [0.717, 1.165) is 17.7 Å². The Bertz CT molecular complexity index is 1770. The van der Waals surface area contributed by atoms with Gasteiger partial charge in [0.1, 0.15) is 30.5 Å². The third-order valence-electron chi connectivity index (χ3n) is 7.25. The fraction of sp³-hybridized carbons (Fsp3) is 0.267. The Labute approximate surface area is 255 Å². The van der Waals surface area contributed by atoms with Gasteiger partial charge in [-0.05, 0) is 30.7 Å². The number of aromatic nitrogens is 4. The van der Waals surface area contributed by atoms with Gasteiger partial charge in [-0.2, -0.15) is 0 Å². The minimum atomic E-state index is -1.44. The number of benzene rings is 2. The van der Waals surface area contributed by atoms with Crippen molar-refractivity contribution in [2.24, 2.45) is 0 Å². The molecule has 0 saturated carbocycles. The van der Waals surface area contributed by atoms with Crippen molar-refractivity contribution in [3.8, 4) is 0 Å². The predicted octanol–water partition coefficient (Wildman–Crippen LogP) is 2.96. The van der Waals surface area contributed by atoms with Crippen LogP contribution in [0.15, 0.2) is 67.3 Å². The number of aromatic carboxylic acids is 1. The molecular weight excluding hydrogens is 589 g/mol. The van der Waals surface area contributed by atoms with Crippen LogP contribution in [-0.4, -0.2) is 80.2 Å².